The lowest BCUT2D eigenvalue weighted by Crippen LogP contribution is -2.65. The fraction of sp³-hybridized carbons (Fsp3) is 0.778. The molecule has 0 fully saturated rings. The van der Waals surface area contributed by atoms with Crippen molar-refractivity contribution >= 4 is 0 Å². The Bertz CT molecular complexity index is 480. The van der Waals surface area contributed by atoms with E-state index in [0.29, 0.717) is 0 Å². The van der Waals surface area contributed by atoms with Crippen LogP contribution in [0.3, 0.4) is 0 Å². The third kappa shape index (κ3) is 3.75. The van der Waals surface area contributed by atoms with Crippen LogP contribution in [0, 0.1) is 5.41 Å². The van der Waals surface area contributed by atoms with Gasteiger partial charge in [-0.25, -0.2) is 0 Å². The van der Waals surface area contributed by atoms with Gasteiger partial charge in [0, 0.05) is 0 Å². The van der Waals surface area contributed by atoms with Crippen molar-refractivity contribution in [3.8, 4) is 0 Å². The van der Waals surface area contributed by atoms with Crippen LogP contribution in [-0.4, -0.2) is 36.6 Å². The summed E-state index contributed by atoms with van der Waals surface area (Å²) in [5.41, 5.74) is -7.39. The van der Waals surface area contributed by atoms with E-state index in [0.717, 1.165) is 0 Å². The first-order valence-electron chi connectivity index (χ1n) is 5.18. The maximum Gasteiger partial charge on any atom is 0.457 e. The molecule has 0 atom stereocenters. The molecule has 0 aliphatic rings. The normalized spacial score (nSPS) is 16.6. The first-order chi connectivity index (χ1) is 10.5. The third-order valence-electron chi connectivity index (χ3n) is 2.67. The minimum absolute atomic E-state index is 2.35. The maximum atomic E-state index is 13.0. The van der Waals surface area contributed by atoms with E-state index < -0.39 is 54.1 Å². The molecule has 0 radical (unpaired) electrons. The quantitative estimate of drug-likeness (QED) is 0.390. The highest BCUT2D eigenvalue weighted by molar-refractivity contribution is 5.20. The first-order valence-corrected chi connectivity index (χ1v) is 5.18. The largest absolute Gasteiger partial charge is 0.457 e. The Morgan fingerprint density at radius 3 is 0.880 bits per heavy atom. The van der Waals surface area contributed by atoms with Crippen LogP contribution in [0.4, 0.5) is 70.2 Å². The predicted octanol–water partition coefficient (Wildman–Crippen LogP) is 6.05. The molecule has 0 unspecified atom stereocenters. The van der Waals surface area contributed by atoms with Crippen LogP contribution in [0.15, 0.2) is 12.2 Å². The molecule has 0 heterocycles. The molecule has 0 nitrogen and oxygen atoms in total. The van der Waals surface area contributed by atoms with E-state index in [9.17, 15) is 70.2 Å². The minimum atomic E-state index is -7.82. The number of halogens is 16. The summed E-state index contributed by atoms with van der Waals surface area (Å²) in [7, 11) is 0. The van der Waals surface area contributed by atoms with Crippen LogP contribution in [0.1, 0.15) is 0 Å². The first kappa shape index (κ1) is 23.6. The molecule has 25 heavy (non-hydrogen) atoms. The smallest absolute Gasteiger partial charge is 0.195 e. The van der Waals surface area contributed by atoms with Gasteiger partial charge in [-0.1, -0.05) is 6.08 Å². The van der Waals surface area contributed by atoms with E-state index in [1.807, 2.05) is 0 Å². The van der Waals surface area contributed by atoms with E-state index >= 15 is 0 Å². The van der Waals surface area contributed by atoms with Crippen molar-refractivity contribution in [1.29, 1.82) is 0 Å². The molecule has 0 aromatic carbocycles. The van der Waals surface area contributed by atoms with Gasteiger partial charge in [-0.15, -0.1) is 0 Å². The number of hydrogen-bond donors (Lipinski definition) is 0. The van der Waals surface area contributed by atoms with Crippen LogP contribution < -0.4 is 0 Å². The van der Waals surface area contributed by atoms with Gasteiger partial charge < -0.3 is 0 Å². The average molecular weight is 414 g/mol. The standard InChI is InChI=1S/C9H2F16/c10-4(11,8(20,21)22)2-1-3(6(14,15)16,7(17,18)19)5(12,13)9(23,24)25/h1-2H/b2-1+. The Morgan fingerprint density at radius 2 is 0.680 bits per heavy atom. The average Bonchev–Trinajstić information content (AvgIpc) is 2.21. The molecule has 0 aliphatic carbocycles. The second kappa shape index (κ2) is 5.82. The molecule has 0 aliphatic heterocycles. The van der Waals surface area contributed by atoms with Crippen LogP contribution in [0.25, 0.3) is 0 Å². The third-order valence-corrected chi connectivity index (χ3v) is 2.67. The van der Waals surface area contributed by atoms with E-state index in [1.54, 1.807) is 0 Å². The van der Waals surface area contributed by atoms with Gasteiger partial charge in [-0.3, -0.25) is 0 Å². The number of hydrogen-bond acceptors (Lipinski definition) is 0. The summed E-state index contributed by atoms with van der Waals surface area (Å²) in [5.74, 6) is -14.4. The van der Waals surface area contributed by atoms with E-state index in [2.05, 4.69) is 0 Å². The lowest BCUT2D eigenvalue weighted by Gasteiger charge is -2.41. The van der Waals surface area contributed by atoms with Crippen LogP contribution in [0.2, 0.25) is 0 Å². The van der Waals surface area contributed by atoms with Gasteiger partial charge in [-0.05, 0) is 6.08 Å². The Balaban J connectivity index is 6.89. The summed E-state index contributed by atoms with van der Waals surface area (Å²) >= 11 is 0. The molecule has 0 bridgehead atoms. The molecule has 0 rings (SSSR count). The highest BCUT2D eigenvalue weighted by Gasteiger charge is 2.88. The van der Waals surface area contributed by atoms with Gasteiger partial charge in [0.25, 0.3) is 5.41 Å². The highest BCUT2D eigenvalue weighted by atomic mass is 19.4. The van der Waals surface area contributed by atoms with Crippen molar-refractivity contribution in [3.05, 3.63) is 12.2 Å². The van der Waals surface area contributed by atoms with Gasteiger partial charge >= 0.3 is 36.6 Å². The molecule has 0 N–H and O–H groups in total. The molecule has 0 amide bonds. The zero-order valence-electron chi connectivity index (χ0n) is 10.7. The Morgan fingerprint density at radius 1 is 0.360 bits per heavy atom. The molecule has 0 spiro atoms. The van der Waals surface area contributed by atoms with E-state index in [1.165, 1.54) is 0 Å². The lowest BCUT2D eigenvalue weighted by atomic mass is 9.78. The molecule has 0 saturated carbocycles. The van der Waals surface area contributed by atoms with Crippen molar-refractivity contribution < 1.29 is 70.2 Å². The van der Waals surface area contributed by atoms with Crippen molar-refractivity contribution in [3.63, 3.8) is 0 Å². The monoisotopic (exact) mass is 414 g/mol. The number of allylic oxidation sites excluding steroid dienone is 2. The van der Waals surface area contributed by atoms with Crippen LogP contribution in [0.5, 0.6) is 0 Å². The summed E-state index contributed by atoms with van der Waals surface area (Å²) in [6.07, 6.45) is -34.7. The van der Waals surface area contributed by atoms with E-state index in [4.69, 9.17) is 0 Å². The summed E-state index contributed by atoms with van der Waals surface area (Å²) in [4.78, 5) is 0. The Hall–Kier alpha value is -1.38. The lowest BCUT2D eigenvalue weighted by molar-refractivity contribution is -0.431. The molecule has 0 aromatic heterocycles. The maximum absolute atomic E-state index is 13.0. The van der Waals surface area contributed by atoms with E-state index in [-0.39, 0.29) is 0 Å². The van der Waals surface area contributed by atoms with Gasteiger partial charge in [0.2, 0.25) is 0 Å². The molecule has 0 aromatic rings. The fourth-order valence-corrected chi connectivity index (χ4v) is 1.36. The van der Waals surface area contributed by atoms with Gasteiger partial charge in [0.1, 0.15) is 0 Å². The van der Waals surface area contributed by atoms with Gasteiger partial charge in [-0.2, -0.15) is 70.2 Å². The van der Waals surface area contributed by atoms with Gasteiger partial charge in [0.15, 0.2) is 0 Å². The van der Waals surface area contributed by atoms with Crippen LogP contribution in [-0.2, 0) is 0 Å². The van der Waals surface area contributed by atoms with Crippen LogP contribution >= 0.6 is 0 Å². The molecule has 16 heteroatoms. The van der Waals surface area contributed by atoms with Gasteiger partial charge in [0.05, 0.1) is 0 Å². The Labute approximate surface area is 126 Å². The summed E-state index contributed by atoms with van der Waals surface area (Å²) in [6.45, 7) is 0. The zero-order valence-corrected chi connectivity index (χ0v) is 10.7. The second-order valence-corrected chi connectivity index (χ2v) is 4.33. The molecular weight excluding hydrogens is 412 g/mol. The molecule has 0 saturated heterocycles. The zero-order chi connectivity index (χ0) is 20.9. The highest BCUT2D eigenvalue weighted by Crippen LogP contribution is 2.64. The summed E-state index contributed by atoms with van der Waals surface area (Å²) in [6, 6.07) is 0. The fourth-order valence-electron chi connectivity index (χ4n) is 1.36. The van der Waals surface area contributed by atoms with Crippen molar-refractivity contribution in [2.75, 3.05) is 0 Å². The van der Waals surface area contributed by atoms with Crippen molar-refractivity contribution in [2.24, 2.45) is 5.41 Å². The SMILES string of the molecule is FC(F)(F)C(F)(F)/C=C/C(C(F)(F)F)(C(F)(F)F)C(F)(F)C(F)(F)F. The van der Waals surface area contributed by atoms with Crippen molar-refractivity contribution in [1.82, 2.24) is 0 Å². The minimum Gasteiger partial charge on any atom is -0.195 e. The number of rotatable bonds is 3. The predicted molar refractivity (Wildman–Crippen MR) is 45.7 cm³/mol. The number of alkyl halides is 16. The molecule has 150 valence electrons. The summed E-state index contributed by atoms with van der Waals surface area (Å²) < 4.78 is 197. The molecular formula is C9H2F16. The Kier molecular flexibility index (Phi) is 5.50. The summed E-state index contributed by atoms with van der Waals surface area (Å²) in [5, 5.41) is 0. The van der Waals surface area contributed by atoms with Crippen molar-refractivity contribution in [2.45, 2.75) is 36.6 Å². The topological polar surface area (TPSA) is 0 Å². The second-order valence-electron chi connectivity index (χ2n) is 4.33.